The van der Waals surface area contributed by atoms with Crippen LogP contribution in [0, 0.1) is 10.8 Å². The van der Waals surface area contributed by atoms with E-state index in [9.17, 15) is 19.2 Å². The molecule has 11 nitrogen and oxygen atoms in total. The van der Waals surface area contributed by atoms with E-state index >= 15 is 0 Å². The van der Waals surface area contributed by atoms with Crippen molar-refractivity contribution in [3.05, 3.63) is 65.2 Å². The van der Waals surface area contributed by atoms with Crippen molar-refractivity contribution in [2.45, 2.75) is 53.8 Å². The highest BCUT2D eigenvalue weighted by molar-refractivity contribution is 6.13. The maximum atomic E-state index is 12.7. The molecule has 0 aliphatic rings. The molecule has 2 rings (SSSR count). The smallest absolute Gasteiger partial charge is 0.438 e. The molecule has 1 unspecified atom stereocenters. The molecule has 216 valence electrons. The van der Waals surface area contributed by atoms with E-state index in [1.165, 1.54) is 36.4 Å². The van der Waals surface area contributed by atoms with Gasteiger partial charge in [-0.3, -0.25) is 15.3 Å². The van der Waals surface area contributed by atoms with Crippen LogP contribution in [0.1, 0.15) is 67.8 Å². The standard InChI is InChI=1S/C28H37N3O8Si/c1-16(22(34)17-11-13-20(14-12-17)37-15-21(32)33)30-23(35)18-7-9-19(10-8-18)24(39-40)31-26(36)38-25(29)28(5,6)27(2,3)4/h7-14,16,25H,15,29H2,1-6,40H3,(H,30,35)(H,32,33)/t16-,25?/m0/s1. The first-order valence-corrected chi connectivity index (χ1v) is 13.4. The van der Waals surface area contributed by atoms with Crippen molar-refractivity contribution < 1.29 is 38.2 Å². The summed E-state index contributed by atoms with van der Waals surface area (Å²) in [4.78, 5) is 52.4. The van der Waals surface area contributed by atoms with E-state index in [1.54, 1.807) is 19.1 Å². The summed E-state index contributed by atoms with van der Waals surface area (Å²) in [6.07, 6.45) is -1.77. The normalized spacial score (nSPS) is 13.6. The molecule has 0 fully saturated rings. The summed E-state index contributed by atoms with van der Waals surface area (Å²) in [5.41, 5.74) is 6.46. The van der Waals surface area contributed by atoms with Crippen LogP contribution in [0.3, 0.4) is 0 Å². The Morgan fingerprint density at radius 3 is 1.98 bits per heavy atom. The van der Waals surface area contributed by atoms with Gasteiger partial charge < -0.3 is 24.3 Å². The molecule has 0 saturated heterocycles. The van der Waals surface area contributed by atoms with Gasteiger partial charge in [0.05, 0.1) is 6.04 Å². The predicted octanol–water partition coefficient (Wildman–Crippen LogP) is 2.69. The van der Waals surface area contributed by atoms with E-state index in [-0.39, 0.29) is 33.1 Å². The second kappa shape index (κ2) is 13.4. The van der Waals surface area contributed by atoms with Crippen molar-refractivity contribution in [3.63, 3.8) is 0 Å². The van der Waals surface area contributed by atoms with Crippen molar-refractivity contribution in [1.82, 2.24) is 5.32 Å². The van der Waals surface area contributed by atoms with Gasteiger partial charge in [-0.25, -0.2) is 9.59 Å². The monoisotopic (exact) mass is 571 g/mol. The summed E-state index contributed by atoms with van der Waals surface area (Å²) in [6, 6.07) is 11.3. The molecule has 2 atom stereocenters. The van der Waals surface area contributed by atoms with Crippen LogP contribution in [-0.4, -0.2) is 64.1 Å². The van der Waals surface area contributed by atoms with Gasteiger partial charge in [0.25, 0.3) is 5.91 Å². The minimum atomic E-state index is -1.11. The third kappa shape index (κ3) is 8.48. The molecule has 4 N–H and O–H groups in total. The molecule has 0 heterocycles. The van der Waals surface area contributed by atoms with E-state index in [1.807, 2.05) is 34.6 Å². The van der Waals surface area contributed by atoms with Gasteiger partial charge in [0.1, 0.15) is 5.75 Å². The largest absolute Gasteiger partial charge is 0.540 e. The molecule has 2 amide bonds. The lowest BCUT2D eigenvalue weighted by molar-refractivity contribution is -0.139. The van der Waals surface area contributed by atoms with Gasteiger partial charge in [-0.2, -0.15) is 0 Å². The molecular formula is C28H37N3O8Si. The number of carboxylic acids is 1. The van der Waals surface area contributed by atoms with Gasteiger partial charge in [-0.15, -0.1) is 4.99 Å². The summed E-state index contributed by atoms with van der Waals surface area (Å²) in [6.45, 7) is 10.9. The molecule has 2 aromatic rings. The molecule has 0 bridgehead atoms. The fourth-order valence-corrected chi connectivity index (χ4v) is 3.57. The second-order valence-corrected chi connectivity index (χ2v) is 11.1. The van der Waals surface area contributed by atoms with Gasteiger partial charge in [-0.05, 0) is 60.9 Å². The predicted molar refractivity (Wildman–Crippen MR) is 153 cm³/mol. The molecule has 40 heavy (non-hydrogen) atoms. The number of hydrogen-bond acceptors (Lipinski definition) is 8. The minimum Gasteiger partial charge on any atom is -0.540 e. The van der Waals surface area contributed by atoms with Crippen LogP contribution in [0.4, 0.5) is 4.79 Å². The maximum Gasteiger partial charge on any atom is 0.438 e. The number of carbonyl (C=O) groups excluding carboxylic acids is 3. The van der Waals surface area contributed by atoms with Crippen molar-refractivity contribution >= 4 is 40.1 Å². The van der Waals surface area contributed by atoms with Gasteiger partial charge >= 0.3 is 12.1 Å². The second-order valence-electron chi connectivity index (χ2n) is 10.7. The number of carboxylic acid groups (broad SMARTS) is 1. The number of hydrogen-bond donors (Lipinski definition) is 3. The number of nitrogens with two attached hydrogens (primary N) is 1. The van der Waals surface area contributed by atoms with Gasteiger partial charge in [-0.1, -0.05) is 34.6 Å². The zero-order chi connectivity index (χ0) is 30.3. The fraction of sp³-hybridized carbons (Fsp3) is 0.393. The summed E-state index contributed by atoms with van der Waals surface area (Å²) in [5.74, 6) is -1.57. The van der Waals surface area contributed by atoms with E-state index < -0.39 is 42.3 Å². The summed E-state index contributed by atoms with van der Waals surface area (Å²) in [7, 11) is 0.251. The highest BCUT2D eigenvalue weighted by atomic mass is 28.2. The zero-order valence-corrected chi connectivity index (χ0v) is 25.8. The van der Waals surface area contributed by atoms with Crippen LogP contribution in [-0.2, 0) is 14.0 Å². The van der Waals surface area contributed by atoms with Crippen LogP contribution in [0.5, 0.6) is 5.75 Å². The first-order chi connectivity index (χ1) is 18.6. The highest BCUT2D eigenvalue weighted by Gasteiger charge is 2.40. The van der Waals surface area contributed by atoms with Crippen LogP contribution in [0.15, 0.2) is 53.5 Å². The Bertz CT molecular complexity index is 1250. The number of nitrogens with one attached hydrogen (secondary N) is 1. The Morgan fingerprint density at radius 2 is 1.48 bits per heavy atom. The van der Waals surface area contributed by atoms with Crippen molar-refractivity contribution in [3.8, 4) is 5.75 Å². The number of aliphatic carboxylic acids is 1. The number of amides is 2. The van der Waals surface area contributed by atoms with E-state index in [2.05, 4.69) is 10.3 Å². The molecule has 0 saturated carbocycles. The number of ketones is 1. The van der Waals surface area contributed by atoms with Crippen molar-refractivity contribution in [2.24, 2.45) is 21.6 Å². The number of ether oxygens (including phenoxy) is 2. The lowest BCUT2D eigenvalue weighted by Crippen LogP contribution is -2.48. The number of nitrogens with zero attached hydrogens (tertiary/aromatic N) is 1. The van der Waals surface area contributed by atoms with E-state index in [0.717, 1.165) is 0 Å². The number of rotatable bonds is 10. The summed E-state index contributed by atoms with van der Waals surface area (Å²) >= 11 is 0. The first-order valence-electron chi connectivity index (χ1n) is 12.6. The fourth-order valence-electron chi connectivity index (χ4n) is 3.24. The van der Waals surface area contributed by atoms with Crippen LogP contribution in [0.2, 0.25) is 0 Å². The van der Waals surface area contributed by atoms with Gasteiger partial charge in [0.2, 0.25) is 16.4 Å². The van der Waals surface area contributed by atoms with E-state index in [4.69, 9.17) is 24.7 Å². The Hall–Kier alpha value is -4.03. The van der Waals surface area contributed by atoms with Crippen LogP contribution >= 0.6 is 0 Å². The third-order valence-corrected chi connectivity index (χ3v) is 7.28. The minimum absolute atomic E-state index is 0.0451. The Morgan fingerprint density at radius 1 is 0.950 bits per heavy atom. The van der Waals surface area contributed by atoms with Crippen molar-refractivity contribution in [2.75, 3.05) is 6.61 Å². The van der Waals surface area contributed by atoms with Crippen LogP contribution < -0.4 is 15.8 Å². The Labute approximate surface area is 236 Å². The van der Waals surface area contributed by atoms with E-state index in [0.29, 0.717) is 16.9 Å². The van der Waals surface area contributed by atoms with Gasteiger partial charge in [0, 0.05) is 22.1 Å². The number of aliphatic imine (C=N–C) groups is 1. The lowest BCUT2D eigenvalue weighted by atomic mass is 9.68. The molecular weight excluding hydrogens is 534 g/mol. The number of Topliss-reactive ketones (excluding diaryl/α,β-unsaturated/α-hetero) is 1. The molecule has 2 aromatic carbocycles. The Balaban J connectivity index is 2.04. The number of carbonyl (C=O) groups is 4. The average Bonchev–Trinajstić information content (AvgIpc) is 2.89. The lowest BCUT2D eigenvalue weighted by Gasteiger charge is -2.42. The third-order valence-electron chi connectivity index (χ3n) is 6.89. The highest BCUT2D eigenvalue weighted by Crippen LogP contribution is 2.40. The topological polar surface area (TPSA) is 167 Å². The maximum absolute atomic E-state index is 12.7. The van der Waals surface area contributed by atoms with Crippen molar-refractivity contribution in [1.29, 1.82) is 0 Å². The first kappa shape index (κ1) is 32.2. The molecule has 0 aliphatic heterocycles. The molecule has 0 radical (unpaired) electrons. The number of benzene rings is 2. The summed E-state index contributed by atoms with van der Waals surface area (Å²) in [5, 5.41) is 11.3. The average molecular weight is 572 g/mol. The molecule has 0 aromatic heterocycles. The zero-order valence-electron chi connectivity index (χ0n) is 23.8. The SMILES string of the molecule is C[C@H](NC(=O)c1ccc(C(=NC(=O)OC(N)C(C)(C)C(C)(C)C)O[SiH3])cc1)C(=O)c1ccc(OCC(=O)O)cc1. The van der Waals surface area contributed by atoms with Gasteiger partial charge in [0.15, 0.2) is 18.6 Å². The molecule has 0 spiro atoms. The molecule has 0 aliphatic carbocycles. The Kier molecular flexibility index (Phi) is 10.7. The quantitative estimate of drug-likeness (QED) is 0.128. The van der Waals surface area contributed by atoms with Crippen LogP contribution in [0.25, 0.3) is 0 Å². The molecule has 12 heteroatoms. The summed E-state index contributed by atoms with van der Waals surface area (Å²) < 4.78 is 15.8.